The van der Waals surface area contributed by atoms with Gasteiger partial charge in [-0.1, -0.05) is 0 Å². The maximum atomic E-state index is 12.1. The first kappa shape index (κ1) is 14.1. The van der Waals surface area contributed by atoms with E-state index < -0.39 is 0 Å². The van der Waals surface area contributed by atoms with Gasteiger partial charge in [0.15, 0.2) is 5.76 Å². The van der Waals surface area contributed by atoms with Gasteiger partial charge < -0.3 is 14.4 Å². The first-order valence-corrected chi connectivity index (χ1v) is 6.97. The third-order valence-corrected chi connectivity index (χ3v) is 3.52. The van der Waals surface area contributed by atoms with Crippen LogP contribution in [-0.2, 0) is 0 Å². The van der Waals surface area contributed by atoms with Crippen molar-refractivity contribution in [1.82, 2.24) is 9.80 Å². The monoisotopic (exact) mass is 266 g/mol. The molecule has 1 aromatic heterocycles. The number of furan rings is 1. The first-order valence-electron chi connectivity index (χ1n) is 6.97. The van der Waals surface area contributed by atoms with E-state index in [1.165, 1.54) is 6.26 Å². The van der Waals surface area contributed by atoms with Crippen molar-refractivity contribution in [2.24, 2.45) is 0 Å². The largest absolute Gasteiger partial charge is 0.459 e. The van der Waals surface area contributed by atoms with Crippen LogP contribution in [0, 0.1) is 0 Å². The molecule has 1 amide bonds. The molecule has 2 heterocycles. The number of piperazine rings is 1. The number of unbranched alkanes of at least 4 members (excludes halogenated alkanes) is 2. The van der Waals surface area contributed by atoms with E-state index in [0.29, 0.717) is 5.76 Å². The number of carbonyl (C=O) groups is 1. The van der Waals surface area contributed by atoms with Crippen LogP contribution >= 0.6 is 0 Å². The van der Waals surface area contributed by atoms with Gasteiger partial charge in [0.05, 0.1) is 6.26 Å². The number of hydrogen-bond donors (Lipinski definition) is 1. The smallest absolute Gasteiger partial charge is 0.289 e. The predicted octanol–water partition coefficient (Wildman–Crippen LogP) is 1.20. The molecule has 0 aromatic carbocycles. The van der Waals surface area contributed by atoms with Gasteiger partial charge in [0.2, 0.25) is 0 Å². The summed E-state index contributed by atoms with van der Waals surface area (Å²) in [6.07, 6.45) is 4.61. The summed E-state index contributed by atoms with van der Waals surface area (Å²) >= 11 is 0. The Balaban J connectivity index is 1.69. The van der Waals surface area contributed by atoms with Gasteiger partial charge in [0, 0.05) is 32.8 Å². The molecule has 19 heavy (non-hydrogen) atoms. The van der Waals surface area contributed by atoms with Crippen LogP contribution in [0.1, 0.15) is 29.8 Å². The Hall–Kier alpha value is -1.33. The summed E-state index contributed by atoms with van der Waals surface area (Å²) in [7, 11) is 0. The predicted molar refractivity (Wildman–Crippen MR) is 72.0 cm³/mol. The zero-order valence-electron chi connectivity index (χ0n) is 11.3. The van der Waals surface area contributed by atoms with Gasteiger partial charge in [-0.15, -0.1) is 0 Å². The van der Waals surface area contributed by atoms with Crippen molar-refractivity contribution >= 4 is 5.91 Å². The van der Waals surface area contributed by atoms with Crippen LogP contribution in [0.25, 0.3) is 0 Å². The molecule has 0 atom stereocenters. The van der Waals surface area contributed by atoms with Gasteiger partial charge in [-0.05, 0) is 37.9 Å². The highest BCUT2D eigenvalue weighted by Crippen LogP contribution is 2.10. The van der Waals surface area contributed by atoms with Gasteiger partial charge in [0.1, 0.15) is 0 Å². The normalized spacial score (nSPS) is 16.8. The molecule has 0 radical (unpaired) electrons. The molecule has 5 heteroatoms. The fourth-order valence-electron chi connectivity index (χ4n) is 2.35. The first-order chi connectivity index (χ1) is 9.31. The second-order valence-corrected chi connectivity index (χ2v) is 4.90. The number of amides is 1. The molecule has 5 nitrogen and oxygen atoms in total. The van der Waals surface area contributed by atoms with Crippen LogP contribution < -0.4 is 0 Å². The third kappa shape index (κ3) is 4.08. The van der Waals surface area contributed by atoms with Crippen molar-refractivity contribution in [3.05, 3.63) is 24.2 Å². The summed E-state index contributed by atoms with van der Waals surface area (Å²) in [5.41, 5.74) is 0. The maximum Gasteiger partial charge on any atom is 0.289 e. The second kappa shape index (κ2) is 7.31. The SMILES string of the molecule is O=C(c1ccco1)N1CCN(CCCCCO)CC1. The molecule has 0 unspecified atom stereocenters. The Morgan fingerprint density at radius 1 is 1.21 bits per heavy atom. The van der Waals surface area contributed by atoms with Crippen LogP contribution in [0.4, 0.5) is 0 Å². The lowest BCUT2D eigenvalue weighted by atomic mass is 10.2. The van der Waals surface area contributed by atoms with Crippen LogP contribution in [0.3, 0.4) is 0 Å². The third-order valence-electron chi connectivity index (χ3n) is 3.52. The molecular formula is C14H22N2O3. The zero-order valence-corrected chi connectivity index (χ0v) is 11.3. The zero-order chi connectivity index (χ0) is 13.5. The second-order valence-electron chi connectivity index (χ2n) is 4.90. The Labute approximate surface area is 113 Å². The number of rotatable bonds is 6. The molecule has 0 bridgehead atoms. The molecule has 1 N–H and O–H groups in total. The van der Waals surface area contributed by atoms with Gasteiger partial charge in [-0.25, -0.2) is 0 Å². The lowest BCUT2D eigenvalue weighted by Gasteiger charge is -2.34. The highest BCUT2D eigenvalue weighted by Gasteiger charge is 2.23. The Kier molecular flexibility index (Phi) is 5.42. The van der Waals surface area contributed by atoms with E-state index in [4.69, 9.17) is 9.52 Å². The molecule has 1 aromatic rings. The van der Waals surface area contributed by atoms with E-state index in [0.717, 1.165) is 52.0 Å². The highest BCUT2D eigenvalue weighted by atomic mass is 16.3. The summed E-state index contributed by atoms with van der Waals surface area (Å²) in [6, 6.07) is 3.45. The van der Waals surface area contributed by atoms with Crippen molar-refractivity contribution < 1.29 is 14.3 Å². The average Bonchev–Trinajstić information content (AvgIpc) is 2.98. The van der Waals surface area contributed by atoms with Gasteiger partial charge in [-0.2, -0.15) is 0 Å². The van der Waals surface area contributed by atoms with Crippen LogP contribution in [0.2, 0.25) is 0 Å². The van der Waals surface area contributed by atoms with E-state index in [1.807, 2.05) is 4.90 Å². The summed E-state index contributed by atoms with van der Waals surface area (Å²) < 4.78 is 5.14. The number of aliphatic hydroxyl groups is 1. The summed E-state index contributed by atoms with van der Waals surface area (Å²) in [4.78, 5) is 16.3. The molecule has 1 aliphatic rings. The molecule has 1 saturated heterocycles. The Bertz CT molecular complexity index is 370. The van der Waals surface area contributed by atoms with Crippen molar-refractivity contribution in [2.45, 2.75) is 19.3 Å². The van der Waals surface area contributed by atoms with E-state index in [2.05, 4.69) is 4.90 Å². The molecule has 106 valence electrons. The standard InChI is InChI=1S/C14H22N2O3/c17-11-3-1-2-6-15-7-9-16(10-8-15)14(18)13-5-4-12-19-13/h4-5,12,17H,1-3,6-11H2. The minimum atomic E-state index is -0.00932. The van der Waals surface area contributed by atoms with Gasteiger partial charge in [0.25, 0.3) is 5.91 Å². The molecule has 2 rings (SSSR count). The minimum Gasteiger partial charge on any atom is -0.459 e. The lowest BCUT2D eigenvalue weighted by Crippen LogP contribution is -2.48. The topological polar surface area (TPSA) is 56.9 Å². The van der Waals surface area contributed by atoms with E-state index >= 15 is 0 Å². The number of nitrogens with zero attached hydrogens (tertiary/aromatic N) is 2. The van der Waals surface area contributed by atoms with Crippen molar-refractivity contribution in [2.75, 3.05) is 39.3 Å². The fourth-order valence-corrected chi connectivity index (χ4v) is 2.35. The highest BCUT2D eigenvalue weighted by molar-refractivity contribution is 5.91. The van der Waals surface area contributed by atoms with Crippen LogP contribution in [0.15, 0.2) is 22.8 Å². The molecule has 1 fully saturated rings. The minimum absolute atomic E-state index is 0.00932. The summed E-state index contributed by atoms with van der Waals surface area (Å²) in [6.45, 7) is 4.71. The maximum absolute atomic E-state index is 12.1. The molecule has 1 aliphatic heterocycles. The van der Waals surface area contributed by atoms with E-state index in [9.17, 15) is 4.79 Å². The average molecular weight is 266 g/mol. The van der Waals surface area contributed by atoms with Crippen molar-refractivity contribution in [3.8, 4) is 0 Å². The van der Waals surface area contributed by atoms with Crippen molar-refractivity contribution in [3.63, 3.8) is 0 Å². The Morgan fingerprint density at radius 3 is 2.63 bits per heavy atom. The number of carbonyl (C=O) groups excluding carboxylic acids is 1. The molecule has 0 spiro atoms. The lowest BCUT2D eigenvalue weighted by molar-refractivity contribution is 0.0604. The Morgan fingerprint density at radius 2 is 2.00 bits per heavy atom. The quantitative estimate of drug-likeness (QED) is 0.786. The summed E-state index contributed by atoms with van der Waals surface area (Å²) in [5, 5.41) is 8.72. The summed E-state index contributed by atoms with van der Waals surface area (Å²) in [5.74, 6) is 0.418. The molecule has 0 aliphatic carbocycles. The van der Waals surface area contributed by atoms with E-state index in [1.54, 1.807) is 12.1 Å². The molecular weight excluding hydrogens is 244 g/mol. The van der Waals surface area contributed by atoms with Crippen molar-refractivity contribution in [1.29, 1.82) is 0 Å². The van der Waals surface area contributed by atoms with Gasteiger partial charge >= 0.3 is 0 Å². The van der Waals surface area contributed by atoms with Gasteiger partial charge in [-0.3, -0.25) is 9.69 Å². The van der Waals surface area contributed by atoms with Crippen LogP contribution in [-0.4, -0.2) is 60.1 Å². The van der Waals surface area contributed by atoms with Crippen LogP contribution in [0.5, 0.6) is 0 Å². The molecule has 0 saturated carbocycles. The van der Waals surface area contributed by atoms with E-state index in [-0.39, 0.29) is 12.5 Å². The fraction of sp³-hybridized carbons (Fsp3) is 0.643. The number of aliphatic hydroxyl groups excluding tert-OH is 1. The number of hydrogen-bond acceptors (Lipinski definition) is 4.